The van der Waals surface area contributed by atoms with Gasteiger partial charge in [0.2, 0.25) is 0 Å². The zero-order valence-corrected chi connectivity index (χ0v) is 11.9. The van der Waals surface area contributed by atoms with Gasteiger partial charge in [0.15, 0.2) is 5.13 Å². The highest BCUT2D eigenvalue weighted by atomic mass is 35.5. The minimum atomic E-state index is -1.05. The van der Waals surface area contributed by atoms with Crippen molar-refractivity contribution < 1.29 is 9.90 Å². The molecule has 100 valence electrons. The van der Waals surface area contributed by atoms with Crippen molar-refractivity contribution in [2.45, 2.75) is 19.8 Å². The number of hydrogen-bond acceptors (Lipinski definition) is 5. The van der Waals surface area contributed by atoms with Gasteiger partial charge in [0.05, 0.1) is 11.3 Å². The van der Waals surface area contributed by atoms with Gasteiger partial charge in [-0.1, -0.05) is 25.4 Å². The predicted octanol–water partition coefficient (Wildman–Crippen LogP) is 3.76. The molecule has 2 heterocycles. The first-order valence-corrected chi connectivity index (χ1v) is 6.85. The second kappa shape index (κ2) is 5.54. The fourth-order valence-electron chi connectivity index (χ4n) is 1.40. The number of hydrogen-bond donors (Lipinski definition) is 2. The maximum atomic E-state index is 10.9. The topological polar surface area (TPSA) is 75.1 Å². The highest BCUT2D eigenvalue weighted by Crippen LogP contribution is 2.25. The summed E-state index contributed by atoms with van der Waals surface area (Å²) in [6, 6.07) is 2.72. The van der Waals surface area contributed by atoms with Crippen molar-refractivity contribution in [3.63, 3.8) is 0 Å². The van der Waals surface area contributed by atoms with Crippen LogP contribution in [-0.4, -0.2) is 21.0 Å². The van der Waals surface area contributed by atoms with Crippen LogP contribution < -0.4 is 5.32 Å². The van der Waals surface area contributed by atoms with E-state index >= 15 is 0 Å². The smallest absolute Gasteiger partial charge is 0.335 e. The van der Waals surface area contributed by atoms with Gasteiger partial charge in [-0.05, 0) is 18.1 Å². The number of rotatable bonds is 4. The highest BCUT2D eigenvalue weighted by Gasteiger charge is 2.10. The molecular weight excluding hydrogens is 286 g/mol. The fourth-order valence-corrected chi connectivity index (χ4v) is 2.49. The number of aromatic nitrogens is 2. The molecule has 0 aliphatic heterocycles. The largest absolute Gasteiger partial charge is 0.478 e. The van der Waals surface area contributed by atoms with Crippen LogP contribution in [0.5, 0.6) is 0 Å². The summed E-state index contributed by atoms with van der Waals surface area (Å²) in [6.07, 6.45) is 0. The molecule has 0 unspecified atom stereocenters. The molecule has 0 aliphatic rings. The van der Waals surface area contributed by atoms with Crippen molar-refractivity contribution in [2.24, 2.45) is 0 Å². The van der Waals surface area contributed by atoms with E-state index in [0.717, 1.165) is 5.69 Å². The van der Waals surface area contributed by atoms with Gasteiger partial charge in [0.25, 0.3) is 0 Å². The molecule has 0 fully saturated rings. The maximum absolute atomic E-state index is 10.9. The lowest BCUT2D eigenvalue weighted by molar-refractivity contribution is 0.0697. The van der Waals surface area contributed by atoms with Gasteiger partial charge in [-0.25, -0.2) is 14.8 Å². The number of anilines is 2. The third kappa shape index (κ3) is 3.42. The van der Waals surface area contributed by atoms with E-state index in [9.17, 15) is 4.79 Å². The van der Waals surface area contributed by atoms with Crippen molar-refractivity contribution in [1.82, 2.24) is 9.97 Å². The molecule has 0 bridgehead atoms. The first kappa shape index (κ1) is 13.8. The maximum Gasteiger partial charge on any atom is 0.335 e. The number of halogens is 1. The Morgan fingerprint density at radius 3 is 2.74 bits per heavy atom. The second-order valence-electron chi connectivity index (χ2n) is 4.23. The Balaban J connectivity index is 2.24. The van der Waals surface area contributed by atoms with E-state index in [0.29, 0.717) is 16.9 Å². The van der Waals surface area contributed by atoms with Gasteiger partial charge in [0.1, 0.15) is 11.0 Å². The predicted molar refractivity (Wildman–Crippen MR) is 75.7 cm³/mol. The lowest BCUT2D eigenvalue weighted by Crippen LogP contribution is -2.01. The quantitative estimate of drug-likeness (QED) is 0.841. The summed E-state index contributed by atoms with van der Waals surface area (Å²) in [5, 5.41) is 14.7. The van der Waals surface area contributed by atoms with Crippen molar-refractivity contribution in [3.05, 3.63) is 33.9 Å². The number of thiazole rings is 1. The first-order chi connectivity index (χ1) is 8.95. The van der Waals surface area contributed by atoms with E-state index in [-0.39, 0.29) is 10.7 Å². The highest BCUT2D eigenvalue weighted by molar-refractivity contribution is 7.13. The number of carbonyl (C=O) groups is 1. The summed E-state index contributed by atoms with van der Waals surface area (Å²) in [6.45, 7) is 4.11. The van der Waals surface area contributed by atoms with Gasteiger partial charge in [0, 0.05) is 5.38 Å². The van der Waals surface area contributed by atoms with Crippen LogP contribution >= 0.6 is 22.9 Å². The molecule has 0 aromatic carbocycles. The Kier molecular flexibility index (Phi) is 4.01. The Hall–Kier alpha value is -1.66. The first-order valence-electron chi connectivity index (χ1n) is 5.59. The zero-order valence-electron chi connectivity index (χ0n) is 10.3. The number of aromatic carboxylic acids is 1. The molecule has 0 saturated carbocycles. The average Bonchev–Trinajstić information content (AvgIpc) is 2.76. The van der Waals surface area contributed by atoms with Crippen molar-refractivity contribution in [3.8, 4) is 0 Å². The van der Waals surface area contributed by atoms with E-state index in [1.807, 2.05) is 5.38 Å². The molecule has 0 amide bonds. The Labute approximate surface area is 119 Å². The van der Waals surface area contributed by atoms with E-state index in [1.165, 1.54) is 23.5 Å². The van der Waals surface area contributed by atoms with Crippen LogP contribution in [0.25, 0.3) is 0 Å². The molecule has 2 aromatic rings. The molecule has 0 atom stereocenters. The Morgan fingerprint density at radius 2 is 2.16 bits per heavy atom. The summed E-state index contributed by atoms with van der Waals surface area (Å²) in [7, 11) is 0. The molecule has 2 aromatic heterocycles. The molecule has 19 heavy (non-hydrogen) atoms. The molecule has 0 aliphatic carbocycles. The van der Waals surface area contributed by atoms with Crippen LogP contribution in [0, 0.1) is 0 Å². The van der Waals surface area contributed by atoms with Crippen LogP contribution in [0.3, 0.4) is 0 Å². The molecule has 2 rings (SSSR count). The second-order valence-corrected chi connectivity index (χ2v) is 5.47. The number of carboxylic acids is 1. The fraction of sp³-hybridized carbons (Fsp3) is 0.250. The number of nitrogens with one attached hydrogen (secondary N) is 1. The van der Waals surface area contributed by atoms with Crippen molar-refractivity contribution in [1.29, 1.82) is 0 Å². The minimum absolute atomic E-state index is 0.0862. The van der Waals surface area contributed by atoms with Crippen LogP contribution in [0.1, 0.15) is 35.8 Å². The van der Waals surface area contributed by atoms with Gasteiger partial charge in [-0.3, -0.25) is 0 Å². The monoisotopic (exact) mass is 297 g/mol. The van der Waals surface area contributed by atoms with Crippen LogP contribution in [0.2, 0.25) is 5.15 Å². The number of nitrogens with zero attached hydrogens (tertiary/aromatic N) is 2. The average molecular weight is 298 g/mol. The van der Waals surface area contributed by atoms with E-state index in [1.54, 1.807) is 0 Å². The summed E-state index contributed by atoms with van der Waals surface area (Å²) >= 11 is 7.22. The molecule has 0 spiro atoms. The summed E-state index contributed by atoms with van der Waals surface area (Å²) in [5.41, 5.74) is 1.07. The molecular formula is C12H12ClN3O2S. The summed E-state index contributed by atoms with van der Waals surface area (Å²) in [5.74, 6) is -0.336. The van der Waals surface area contributed by atoms with E-state index in [4.69, 9.17) is 16.7 Å². The van der Waals surface area contributed by atoms with Gasteiger partial charge in [-0.2, -0.15) is 0 Å². The van der Waals surface area contributed by atoms with E-state index in [2.05, 4.69) is 29.1 Å². The van der Waals surface area contributed by atoms with Crippen molar-refractivity contribution in [2.75, 3.05) is 5.32 Å². The lowest BCUT2D eigenvalue weighted by Gasteiger charge is -2.04. The SMILES string of the molecule is CC(C)c1csc(Nc2cc(C(=O)O)cc(Cl)n2)n1. The van der Waals surface area contributed by atoms with Crippen molar-refractivity contribution >= 4 is 39.9 Å². The third-order valence-electron chi connectivity index (χ3n) is 2.39. The van der Waals surface area contributed by atoms with Gasteiger partial charge >= 0.3 is 5.97 Å². The summed E-state index contributed by atoms with van der Waals surface area (Å²) < 4.78 is 0. The summed E-state index contributed by atoms with van der Waals surface area (Å²) in [4.78, 5) is 19.3. The lowest BCUT2D eigenvalue weighted by atomic mass is 10.2. The third-order valence-corrected chi connectivity index (χ3v) is 3.36. The van der Waals surface area contributed by atoms with E-state index < -0.39 is 5.97 Å². The molecule has 0 radical (unpaired) electrons. The minimum Gasteiger partial charge on any atom is -0.478 e. The Bertz CT molecular complexity index is 613. The van der Waals surface area contributed by atoms with Crippen LogP contribution in [-0.2, 0) is 0 Å². The molecule has 7 heteroatoms. The molecule has 2 N–H and O–H groups in total. The standard InChI is InChI=1S/C12H12ClN3O2S/c1-6(2)8-5-19-12(14-8)16-10-4-7(11(17)18)3-9(13)15-10/h3-6H,1-2H3,(H,17,18)(H,14,15,16). The molecule has 5 nitrogen and oxygen atoms in total. The van der Waals surface area contributed by atoms with Gasteiger partial charge in [-0.15, -0.1) is 11.3 Å². The molecule has 0 saturated heterocycles. The normalized spacial score (nSPS) is 10.7. The zero-order chi connectivity index (χ0) is 14.0. The van der Waals surface area contributed by atoms with Crippen LogP contribution in [0.15, 0.2) is 17.5 Å². The number of pyridine rings is 1. The van der Waals surface area contributed by atoms with Crippen LogP contribution in [0.4, 0.5) is 10.9 Å². The number of carboxylic acid groups (broad SMARTS) is 1. The Morgan fingerprint density at radius 1 is 1.42 bits per heavy atom. The van der Waals surface area contributed by atoms with Gasteiger partial charge < -0.3 is 10.4 Å².